The number of para-hydroxylation sites is 1. The van der Waals surface area contributed by atoms with Gasteiger partial charge in [-0.3, -0.25) is 19.8 Å². The summed E-state index contributed by atoms with van der Waals surface area (Å²) >= 11 is 0. The minimum atomic E-state index is -1.31. The molecule has 3 aliphatic heterocycles. The van der Waals surface area contributed by atoms with Crippen molar-refractivity contribution in [3.8, 4) is 11.5 Å². The maximum atomic E-state index is 13.5. The van der Waals surface area contributed by atoms with E-state index >= 15 is 0 Å². The number of nitrogens with one attached hydrogen (secondary N) is 1. The Morgan fingerprint density at radius 1 is 1.16 bits per heavy atom. The Bertz CT molecular complexity index is 1070. The first-order valence-corrected chi connectivity index (χ1v) is 11.2. The number of nitro groups is 1. The van der Waals surface area contributed by atoms with Crippen molar-refractivity contribution in [2.75, 3.05) is 25.1 Å². The molecule has 1 spiro atoms. The van der Waals surface area contributed by atoms with Crippen LogP contribution in [0.2, 0.25) is 0 Å². The molecule has 5 rings (SSSR count). The number of carbonyl (C=O) groups is 1. The van der Waals surface area contributed by atoms with Gasteiger partial charge >= 0.3 is 0 Å². The third-order valence-corrected chi connectivity index (χ3v) is 7.05. The summed E-state index contributed by atoms with van der Waals surface area (Å²) in [5, 5.41) is 15.6. The lowest BCUT2D eigenvalue weighted by molar-refractivity contribution is -0.534. The predicted molar refractivity (Wildman–Crippen MR) is 119 cm³/mol. The highest BCUT2D eigenvalue weighted by molar-refractivity contribution is 6.07. The molecule has 0 aromatic heterocycles. The minimum absolute atomic E-state index is 0.102. The molecular formula is C24H27N3O5. The number of rotatable bonds is 6. The van der Waals surface area contributed by atoms with E-state index in [2.05, 4.69) is 10.2 Å². The van der Waals surface area contributed by atoms with Crippen LogP contribution in [0.25, 0.3) is 0 Å². The molecule has 1 N–H and O–H groups in total. The van der Waals surface area contributed by atoms with E-state index in [0.29, 0.717) is 42.5 Å². The molecule has 2 saturated heterocycles. The van der Waals surface area contributed by atoms with Crippen molar-refractivity contribution in [1.29, 1.82) is 0 Å². The molecule has 2 fully saturated rings. The van der Waals surface area contributed by atoms with Crippen LogP contribution in [0, 0.1) is 10.1 Å². The molecule has 2 aromatic rings. The molecule has 0 aliphatic carbocycles. The van der Waals surface area contributed by atoms with E-state index in [1.807, 2.05) is 56.3 Å². The Kier molecular flexibility index (Phi) is 5.04. The molecule has 168 valence electrons. The smallest absolute Gasteiger partial charge is 0.256 e. The lowest BCUT2D eigenvalue weighted by Gasteiger charge is -2.32. The van der Waals surface area contributed by atoms with E-state index in [1.54, 1.807) is 0 Å². The number of carbonyl (C=O) groups excluding carboxylic acids is 1. The van der Waals surface area contributed by atoms with Crippen molar-refractivity contribution in [3.63, 3.8) is 0 Å². The van der Waals surface area contributed by atoms with Gasteiger partial charge in [0.1, 0.15) is 0 Å². The molecule has 4 atom stereocenters. The summed E-state index contributed by atoms with van der Waals surface area (Å²) in [7, 11) is 0. The maximum absolute atomic E-state index is 13.5. The summed E-state index contributed by atoms with van der Waals surface area (Å²) in [5.74, 6) is 0.455. The van der Waals surface area contributed by atoms with Crippen LogP contribution in [0.1, 0.15) is 43.7 Å². The molecule has 8 nitrogen and oxygen atoms in total. The first-order valence-electron chi connectivity index (χ1n) is 11.2. The topological polar surface area (TPSA) is 93.9 Å². The fraction of sp³-hybridized carbons (Fsp3) is 0.458. The summed E-state index contributed by atoms with van der Waals surface area (Å²) in [4.78, 5) is 28.0. The van der Waals surface area contributed by atoms with Gasteiger partial charge in [0.2, 0.25) is 0 Å². The summed E-state index contributed by atoms with van der Waals surface area (Å²) < 4.78 is 11.5. The summed E-state index contributed by atoms with van der Waals surface area (Å²) in [6.45, 7) is 5.41. The highest BCUT2D eigenvalue weighted by Crippen LogP contribution is 2.58. The second kappa shape index (κ2) is 7.78. The fourth-order valence-electron chi connectivity index (χ4n) is 6.05. The Hall–Kier alpha value is -3.13. The minimum Gasteiger partial charge on any atom is -0.490 e. The van der Waals surface area contributed by atoms with E-state index in [-0.39, 0.29) is 16.9 Å². The molecule has 1 amide bonds. The standard InChI is InChI=1S/C24H27N3O5/c1-3-31-19-12-11-15(14-20(19)32-4-2)21-18-10-7-13-26(18)24(22(21)27(29)30)16-8-5-6-9-17(16)25-23(24)28/h5-6,8-9,11-12,14,18,21-22H,3-4,7,10,13H2,1-2H3,(H,25,28)/t18-,21+,22+,24+/m0/s1. The Morgan fingerprint density at radius 2 is 1.91 bits per heavy atom. The summed E-state index contributed by atoms with van der Waals surface area (Å²) in [6, 6.07) is 11.7. The lowest BCUT2D eigenvalue weighted by Crippen LogP contribution is -2.55. The second-order valence-corrected chi connectivity index (χ2v) is 8.50. The molecule has 0 unspecified atom stereocenters. The van der Waals surface area contributed by atoms with Crippen LogP contribution >= 0.6 is 0 Å². The van der Waals surface area contributed by atoms with Crippen LogP contribution in [0.15, 0.2) is 42.5 Å². The average Bonchev–Trinajstić information content (AvgIpc) is 3.43. The van der Waals surface area contributed by atoms with Crippen LogP contribution in [0.5, 0.6) is 11.5 Å². The van der Waals surface area contributed by atoms with Gasteiger partial charge in [0.05, 0.1) is 19.1 Å². The van der Waals surface area contributed by atoms with Gasteiger partial charge in [0, 0.05) is 28.8 Å². The van der Waals surface area contributed by atoms with Gasteiger partial charge in [-0.25, -0.2) is 0 Å². The highest BCUT2D eigenvalue weighted by Gasteiger charge is 2.73. The molecule has 8 heteroatoms. The van der Waals surface area contributed by atoms with Crippen LogP contribution in [-0.4, -0.2) is 47.6 Å². The Labute approximate surface area is 186 Å². The summed E-state index contributed by atoms with van der Waals surface area (Å²) in [6.07, 6.45) is 1.71. The van der Waals surface area contributed by atoms with Crippen molar-refractivity contribution < 1.29 is 19.2 Å². The fourth-order valence-corrected chi connectivity index (χ4v) is 6.05. The number of hydrogen-bond acceptors (Lipinski definition) is 6. The number of nitrogens with zero attached hydrogens (tertiary/aromatic N) is 2. The lowest BCUT2D eigenvalue weighted by atomic mass is 9.77. The van der Waals surface area contributed by atoms with Crippen LogP contribution in [0.4, 0.5) is 5.69 Å². The Balaban J connectivity index is 1.69. The zero-order chi connectivity index (χ0) is 22.5. The van der Waals surface area contributed by atoms with Gasteiger partial charge in [-0.2, -0.15) is 0 Å². The zero-order valence-electron chi connectivity index (χ0n) is 18.2. The number of amides is 1. The van der Waals surface area contributed by atoms with Crippen molar-refractivity contribution in [1.82, 2.24) is 4.90 Å². The molecule has 0 bridgehead atoms. The van der Waals surface area contributed by atoms with Crippen LogP contribution in [-0.2, 0) is 10.3 Å². The average molecular weight is 437 g/mol. The zero-order valence-corrected chi connectivity index (χ0v) is 18.2. The molecule has 0 radical (unpaired) electrons. The van der Waals surface area contributed by atoms with Crippen LogP contribution < -0.4 is 14.8 Å². The Morgan fingerprint density at radius 3 is 2.66 bits per heavy atom. The third-order valence-electron chi connectivity index (χ3n) is 7.05. The molecule has 32 heavy (non-hydrogen) atoms. The van der Waals surface area contributed by atoms with E-state index in [1.165, 1.54) is 0 Å². The number of fused-ring (bicyclic) bond motifs is 4. The van der Waals surface area contributed by atoms with E-state index in [9.17, 15) is 14.9 Å². The van der Waals surface area contributed by atoms with Crippen LogP contribution in [0.3, 0.4) is 0 Å². The highest BCUT2D eigenvalue weighted by atomic mass is 16.6. The van der Waals surface area contributed by atoms with Crippen molar-refractivity contribution in [3.05, 3.63) is 63.7 Å². The molecule has 3 aliphatic rings. The number of ether oxygens (including phenoxy) is 2. The second-order valence-electron chi connectivity index (χ2n) is 8.50. The van der Waals surface area contributed by atoms with Gasteiger partial charge in [-0.15, -0.1) is 0 Å². The number of anilines is 1. The first kappa shape index (κ1) is 20.8. The van der Waals surface area contributed by atoms with Gasteiger partial charge in [-0.1, -0.05) is 24.3 Å². The SMILES string of the molecule is CCOc1ccc([C@@H]2[C@@H]3CCCN3[C@@]3(C(=O)Nc4ccccc43)[C@@H]2[N+](=O)[O-])cc1OCC. The quantitative estimate of drug-likeness (QED) is 0.549. The first-order chi connectivity index (χ1) is 15.5. The van der Waals surface area contributed by atoms with Crippen molar-refractivity contribution in [2.24, 2.45) is 0 Å². The van der Waals surface area contributed by atoms with E-state index < -0.39 is 17.5 Å². The van der Waals surface area contributed by atoms with E-state index in [4.69, 9.17) is 9.47 Å². The number of benzene rings is 2. The van der Waals surface area contributed by atoms with Crippen molar-refractivity contribution in [2.45, 2.75) is 50.2 Å². The third kappa shape index (κ3) is 2.75. The summed E-state index contributed by atoms with van der Waals surface area (Å²) in [5.41, 5.74) is 0.870. The van der Waals surface area contributed by atoms with Gasteiger partial charge < -0.3 is 14.8 Å². The molecule has 3 heterocycles. The normalized spacial score (nSPS) is 28.4. The monoisotopic (exact) mass is 437 g/mol. The molecule has 2 aromatic carbocycles. The maximum Gasteiger partial charge on any atom is 0.256 e. The predicted octanol–water partition coefficient (Wildman–Crippen LogP) is 3.54. The van der Waals surface area contributed by atoms with Gasteiger partial charge in [0.15, 0.2) is 17.0 Å². The van der Waals surface area contributed by atoms with Gasteiger partial charge in [0.25, 0.3) is 11.9 Å². The molecule has 0 saturated carbocycles. The van der Waals surface area contributed by atoms with Crippen molar-refractivity contribution >= 4 is 11.6 Å². The van der Waals surface area contributed by atoms with Gasteiger partial charge in [-0.05, 0) is 50.5 Å². The number of hydrogen-bond donors (Lipinski definition) is 1. The molecular weight excluding hydrogens is 410 g/mol. The van der Waals surface area contributed by atoms with E-state index in [0.717, 1.165) is 18.4 Å². The largest absolute Gasteiger partial charge is 0.490 e.